The van der Waals surface area contributed by atoms with Crippen molar-refractivity contribution in [3.63, 3.8) is 0 Å². The zero-order valence-corrected chi connectivity index (χ0v) is 13.6. The second kappa shape index (κ2) is 6.72. The summed E-state index contributed by atoms with van der Waals surface area (Å²) >= 11 is 1.44. The van der Waals surface area contributed by atoms with E-state index in [9.17, 15) is 13.6 Å². The molecule has 0 bridgehead atoms. The molecule has 0 aliphatic carbocycles. The molecule has 0 atom stereocenters. The van der Waals surface area contributed by atoms with E-state index in [0.29, 0.717) is 25.3 Å². The van der Waals surface area contributed by atoms with Crippen LogP contribution in [0.3, 0.4) is 0 Å². The fourth-order valence-corrected chi connectivity index (χ4v) is 3.45. The summed E-state index contributed by atoms with van der Waals surface area (Å²) in [5.41, 5.74) is 0.651. The number of benzene rings is 1. The van der Waals surface area contributed by atoms with Crippen molar-refractivity contribution in [3.8, 4) is 11.3 Å². The zero-order valence-electron chi connectivity index (χ0n) is 12.8. The first-order valence-corrected chi connectivity index (χ1v) is 8.28. The summed E-state index contributed by atoms with van der Waals surface area (Å²) in [6.07, 6.45) is 0. The molecular formula is C16H17F2N3OS. The van der Waals surface area contributed by atoms with Gasteiger partial charge in [0.1, 0.15) is 16.6 Å². The fourth-order valence-electron chi connectivity index (χ4n) is 2.61. The summed E-state index contributed by atoms with van der Waals surface area (Å²) < 4.78 is 27.1. The maximum Gasteiger partial charge on any atom is 0.219 e. The molecule has 4 nitrogen and oxygen atoms in total. The van der Waals surface area contributed by atoms with Gasteiger partial charge in [0.05, 0.1) is 12.2 Å². The third kappa shape index (κ3) is 3.73. The summed E-state index contributed by atoms with van der Waals surface area (Å²) in [6.45, 7) is 5.26. The van der Waals surface area contributed by atoms with Crippen LogP contribution in [-0.2, 0) is 11.3 Å². The van der Waals surface area contributed by atoms with Crippen LogP contribution in [0.1, 0.15) is 11.9 Å². The quantitative estimate of drug-likeness (QED) is 0.864. The lowest BCUT2D eigenvalue weighted by Crippen LogP contribution is -2.47. The highest BCUT2D eigenvalue weighted by Crippen LogP contribution is 2.26. The average molecular weight is 337 g/mol. The summed E-state index contributed by atoms with van der Waals surface area (Å²) in [5, 5.41) is 2.61. The first kappa shape index (κ1) is 16.0. The van der Waals surface area contributed by atoms with Gasteiger partial charge in [-0.15, -0.1) is 11.3 Å². The molecule has 1 aromatic heterocycles. The molecule has 2 aromatic rings. The minimum atomic E-state index is -0.476. The largest absolute Gasteiger partial charge is 0.340 e. The fraction of sp³-hybridized carbons (Fsp3) is 0.375. The molecule has 1 saturated heterocycles. The normalized spacial score (nSPS) is 15.9. The number of rotatable bonds is 3. The Bertz CT molecular complexity index is 711. The van der Waals surface area contributed by atoms with Gasteiger partial charge in [-0.25, -0.2) is 13.8 Å². The molecule has 1 amide bonds. The van der Waals surface area contributed by atoms with Crippen molar-refractivity contribution < 1.29 is 13.6 Å². The molecule has 0 radical (unpaired) electrons. The molecular weight excluding hydrogens is 320 g/mol. The first-order valence-electron chi connectivity index (χ1n) is 7.40. The topological polar surface area (TPSA) is 36.4 Å². The second-order valence-electron chi connectivity index (χ2n) is 5.53. The smallest absolute Gasteiger partial charge is 0.219 e. The standard InChI is InChI=1S/C16H17F2N3OS/c1-11(22)21-6-4-20(5-7-21)9-16-19-15(10-23-16)13-8-12(17)2-3-14(13)18/h2-3,8,10H,4-7,9H2,1H3. The van der Waals surface area contributed by atoms with E-state index in [0.717, 1.165) is 30.2 Å². The molecule has 7 heteroatoms. The van der Waals surface area contributed by atoms with Gasteiger partial charge in [0.2, 0.25) is 5.91 Å². The third-order valence-corrected chi connectivity index (χ3v) is 4.77. The van der Waals surface area contributed by atoms with Crippen molar-refractivity contribution in [3.05, 3.63) is 40.2 Å². The van der Waals surface area contributed by atoms with Gasteiger partial charge < -0.3 is 4.90 Å². The molecule has 2 heterocycles. The van der Waals surface area contributed by atoms with Gasteiger partial charge in [0.15, 0.2) is 0 Å². The van der Waals surface area contributed by atoms with Crippen molar-refractivity contribution >= 4 is 17.2 Å². The van der Waals surface area contributed by atoms with Crippen LogP contribution in [0.2, 0.25) is 0 Å². The Morgan fingerprint density at radius 3 is 2.70 bits per heavy atom. The van der Waals surface area contributed by atoms with Crippen LogP contribution in [0.4, 0.5) is 8.78 Å². The Balaban J connectivity index is 1.66. The molecule has 0 unspecified atom stereocenters. The van der Waals surface area contributed by atoms with E-state index in [1.807, 2.05) is 4.90 Å². The van der Waals surface area contributed by atoms with Gasteiger partial charge in [-0.05, 0) is 18.2 Å². The van der Waals surface area contributed by atoms with E-state index >= 15 is 0 Å². The summed E-state index contributed by atoms with van der Waals surface area (Å²) in [6, 6.07) is 3.38. The molecule has 1 fully saturated rings. The van der Waals surface area contributed by atoms with E-state index in [-0.39, 0.29) is 11.5 Å². The highest BCUT2D eigenvalue weighted by molar-refractivity contribution is 7.09. The third-order valence-electron chi connectivity index (χ3n) is 3.93. The van der Waals surface area contributed by atoms with Crippen LogP contribution < -0.4 is 0 Å². The van der Waals surface area contributed by atoms with Crippen LogP contribution in [0.5, 0.6) is 0 Å². The Morgan fingerprint density at radius 2 is 2.00 bits per heavy atom. The molecule has 1 aromatic carbocycles. The summed E-state index contributed by atoms with van der Waals surface area (Å²) in [4.78, 5) is 19.8. The molecule has 23 heavy (non-hydrogen) atoms. The average Bonchev–Trinajstić information content (AvgIpc) is 2.98. The number of nitrogens with zero attached hydrogens (tertiary/aromatic N) is 3. The molecule has 3 rings (SSSR count). The predicted octanol–water partition coefficient (Wildman–Crippen LogP) is 2.75. The number of carbonyl (C=O) groups is 1. The van der Waals surface area contributed by atoms with Crippen LogP contribution >= 0.6 is 11.3 Å². The molecule has 1 aliphatic heterocycles. The number of thiazole rings is 1. The van der Waals surface area contributed by atoms with Crippen molar-refractivity contribution in [2.24, 2.45) is 0 Å². The lowest BCUT2D eigenvalue weighted by atomic mass is 10.1. The van der Waals surface area contributed by atoms with Crippen LogP contribution in [0, 0.1) is 11.6 Å². The minimum absolute atomic E-state index is 0.0998. The van der Waals surface area contributed by atoms with Gasteiger partial charge in [0, 0.05) is 44.0 Å². The lowest BCUT2D eigenvalue weighted by molar-refractivity contribution is -0.130. The van der Waals surface area contributed by atoms with E-state index in [1.165, 1.54) is 17.4 Å². The van der Waals surface area contributed by atoms with Crippen LogP contribution in [0.25, 0.3) is 11.3 Å². The minimum Gasteiger partial charge on any atom is -0.340 e. The monoisotopic (exact) mass is 337 g/mol. The summed E-state index contributed by atoms with van der Waals surface area (Å²) in [7, 11) is 0. The Hall–Kier alpha value is -1.86. The van der Waals surface area contributed by atoms with Crippen LogP contribution in [0.15, 0.2) is 23.6 Å². The molecule has 0 saturated carbocycles. The van der Waals surface area contributed by atoms with E-state index < -0.39 is 11.6 Å². The molecule has 0 N–H and O–H groups in total. The highest BCUT2D eigenvalue weighted by Gasteiger charge is 2.20. The number of hydrogen-bond acceptors (Lipinski definition) is 4. The van der Waals surface area contributed by atoms with Crippen molar-refractivity contribution in [2.45, 2.75) is 13.5 Å². The SMILES string of the molecule is CC(=O)N1CCN(Cc2nc(-c3cc(F)ccc3F)cs2)CC1. The van der Waals surface area contributed by atoms with Gasteiger partial charge >= 0.3 is 0 Å². The predicted molar refractivity (Wildman–Crippen MR) is 85.0 cm³/mol. The van der Waals surface area contributed by atoms with Gasteiger partial charge in [-0.1, -0.05) is 0 Å². The maximum atomic E-state index is 13.8. The lowest BCUT2D eigenvalue weighted by Gasteiger charge is -2.33. The van der Waals surface area contributed by atoms with Crippen molar-refractivity contribution in [2.75, 3.05) is 26.2 Å². The Morgan fingerprint density at radius 1 is 1.26 bits per heavy atom. The van der Waals surface area contributed by atoms with Gasteiger partial charge in [-0.3, -0.25) is 9.69 Å². The van der Waals surface area contributed by atoms with Crippen LogP contribution in [-0.4, -0.2) is 46.9 Å². The van der Waals surface area contributed by atoms with Crippen molar-refractivity contribution in [1.82, 2.24) is 14.8 Å². The Labute approximate surface area is 137 Å². The molecule has 1 aliphatic rings. The maximum absolute atomic E-state index is 13.8. The first-order chi connectivity index (χ1) is 11.0. The Kier molecular flexibility index (Phi) is 4.68. The highest BCUT2D eigenvalue weighted by atomic mass is 32.1. The second-order valence-corrected chi connectivity index (χ2v) is 6.48. The summed E-state index contributed by atoms with van der Waals surface area (Å²) in [5.74, 6) is -0.850. The van der Waals surface area contributed by atoms with Gasteiger partial charge in [-0.2, -0.15) is 0 Å². The van der Waals surface area contributed by atoms with Gasteiger partial charge in [0.25, 0.3) is 0 Å². The number of piperazine rings is 1. The number of carbonyl (C=O) groups excluding carboxylic acids is 1. The van der Waals surface area contributed by atoms with E-state index in [4.69, 9.17) is 0 Å². The number of amides is 1. The zero-order chi connectivity index (χ0) is 16.4. The molecule has 122 valence electrons. The number of aromatic nitrogens is 1. The number of hydrogen-bond donors (Lipinski definition) is 0. The van der Waals surface area contributed by atoms with E-state index in [2.05, 4.69) is 9.88 Å². The number of halogens is 2. The van der Waals surface area contributed by atoms with Crippen molar-refractivity contribution in [1.29, 1.82) is 0 Å². The van der Waals surface area contributed by atoms with E-state index in [1.54, 1.807) is 12.3 Å². The molecule has 0 spiro atoms.